The summed E-state index contributed by atoms with van der Waals surface area (Å²) >= 11 is 0. The smallest absolute Gasteiger partial charge is 0.404 e. The average molecular weight is 280 g/mol. The Morgan fingerprint density at radius 2 is 2.20 bits per heavy atom. The van der Waals surface area contributed by atoms with Gasteiger partial charge < -0.3 is 25.4 Å². The molecule has 0 saturated carbocycles. The molecule has 1 aliphatic heterocycles. The van der Waals surface area contributed by atoms with E-state index in [1.165, 1.54) is 6.20 Å². The van der Waals surface area contributed by atoms with Crippen LogP contribution in [0.3, 0.4) is 0 Å². The van der Waals surface area contributed by atoms with Gasteiger partial charge in [-0.2, -0.15) is 0 Å². The van der Waals surface area contributed by atoms with Crippen molar-refractivity contribution in [1.29, 1.82) is 0 Å². The molecule has 0 aliphatic carbocycles. The summed E-state index contributed by atoms with van der Waals surface area (Å²) in [4.78, 5) is 26.9. The molecule has 8 heteroatoms. The van der Waals surface area contributed by atoms with E-state index in [4.69, 9.17) is 5.11 Å². The highest BCUT2D eigenvalue weighted by molar-refractivity contribution is 5.66. The third-order valence-corrected chi connectivity index (χ3v) is 3.42. The lowest BCUT2D eigenvalue weighted by Gasteiger charge is -2.33. The monoisotopic (exact) mass is 280 g/mol. The predicted molar refractivity (Wildman–Crippen MR) is 72.0 cm³/mol. The average Bonchev–Trinajstić information content (AvgIpc) is 2.39. The number of aromatic nitrogens is 1. The van der Waals surface area contributed by atoms with E-state index in [0.717, 1.165) is 5.56 Å². The minimum absolute atomic E-state index is 0.0974. The molecule has 1 aromatic heterocycles. The van der Waals surface area contributed by atoms with Crippen LogP contribution in [0.15, 0.2) is 12.3 Å². The van der Waals surface area contributed by atoms with Gasteiger partial charge in [-0.1, -0.05) is 0 Å². The minimum Gasteiger partial charge on any atom is -0.465 e. The normalized spacial score (nSPS) is 15.9. The second-order valence-electron chi connectivity index (χ2n) is 4.77. The van der Waals surface area contributed by atoms with Crippen LogP contribution in [0.25, 0.3) is 0 Å². The topological polar surface area (TPSA) is 109 Å². The van der Waals surface area contributed by atoms with E-state index >= 15 is 0 Å². The summed E-state index contributed by atoms with van der Waals surface area (Å²) in [5.74, 6) is -0.144. The molecule has 2 rings (SSSR count). The fourth-order valence-corrected chi connectivity index (χ4v) is 2.48. The lowest BCUT2D eigenvalue weighted by molar-refractivity contribution is -0.388. The maximum absolute atomic E-state index is 11.1. The van der Waals surface area contributed by atoms with Gasteiger partial charge in [0.2, 0.25) is 0 Å². The fourth-order valence-electron chi connectivity index (χ4n) is 2.48. The van der Waals surface area contributed by atoms with Crippen LogP contribution in [0.5, 0.6) is 0 Å². The van der Waals surface area contributed by atoms with E-state index in [-0.39, 0.29) is 11.9 Å². The van der Waals surface area contributed by atoms with Crippen LogP contribution in [0, 0.1) is 17.0 Å². The third kappa shape index (κ3) is 2.95. The van der Waals surface area contributed by atoms with Crippen LogP contribution in [0.2, 0.25) is 0 Å². The van der Waals surface area contributed by atoms with Crippen LogP contribution >= 0.6 is 0 Å². The quantitative estimate of drug-likeness (QED) is 0.642. The Bertz CT molecular complexity index is 526. The standard InChI is InChI=1S/C12H16N4O4/c1-8-2-5-13-11(16(19)20)10(8)15-6-3-9(4-7-15)14-12(17)18/h2,5,9,14H,3-4,6-7H2,1H3,(H,17,18). The zero-order chi connectivity index (χ0) is 14.7. The molecule has 2 heterocycles. The van der Waals surface area contributed by atoms with E-state index in [0.29, 0.717) is 31.6 Å². The predicted octanol–water partition coefficient (Wildman–Crippen LogP) is 1.53. The van der Waals surface area contributed by atoms with Gasteiger partial charge in [-0.25, -0.2) is 4.79 Å². The molecule has 0 bridgehead atoms. The first kappa shape index (κ1) is 14.0. The summed E-state index contributed by atoms with van der Waals surface area (Å²) in [5.41, 5.74) is 1.34. The second kappa shape index (κ2) is 5.72. The summed E-state index contributed by atoms with van der Waals surface area (Å²) in [7, 11) is 0. The molecule has 0 spiro atoms. The lowest BCUT2D eigenvalue weighted by atomic mass is 10.0. The number of aryl methyl sites for hydroxylation is 1. The number of amides is 1. The van der Waals surface area contributed by atoms with Crippen molar-refractivity contribution in [3.8, 4) is 0 Å². The van der Waals surface area contributed by atoms with Crippen LogP contribution in [-0.4, -0.2) is 40.2 Å². The number of nitro groups is 1. The van der Waals surface area contributed by atoms with Crippen molar-refractivity contribution in [2.75, 3.05) is 18.0 Å². The summed E-state index contributed by atoms with van der Waals surface area (Å²) in [6.45, 7) is 2.95. The summed E-state index contributed by atoms with van der Waals surface area (Å²) in [6.07, 6.45) is 1.64. The van der Waals surface area contributed by atoms with Crippen molar-refractivity contribution in [3.63, 3.8) is 0 Å². The van der Waals surface area contributed by atoms with Crippen LogP contribution in [-0.2, 0) is 0 Å². The van der Waals surface area contributed by atoms with Gasteiger partial charge in [-0.3, -0.25) is 0 Å². The maximum Gasteiger partial charge on any atom is 0.404 e. The first-order chi connectivity index (χ1) is 9.49. The van der Waals surface area contributed by atoms with Crippen molar-refractivity contribution in [2.45, 2.75) is 25.8 Å². The molecular weight excluding hydrogens is 264 g/mol. The molecular formula is C12H16N4O4. The highest BCUT2D eigenvalue weighted by Crippen LogP contribution is 2.31. The number of carboxylic acid groups (broad SMARTS) is 1. The van der Waals surface area contributed by atoms with E-state index in [1.807, 2.05) is 11.8 Å². The summed E-state index contributed by atoms with van der Waals surface area (Å²) in [5, 5.41) is 22.2. The molecule has 1 saturated heterocycles. The number of anilines is 1. The van der Waals surface area contributed by atoms with E-state index in [1.54, 1.807) is 6.07 Å². The Morgan fingerprint density at radius 1 is 1.55 bits per heavy atom. The lowest BCUT2D eigenvalue weighted by Crippen LogP contribution is -2.44. The van der Waals surface area contributed by atoms with Crippen molar-refractivity contribution in [3.05, 3.63) is 27.9 Å². The maximum atomic E-state index is 11.1. The van der Waals surface area contributed by atoms with E-state index < -0.39 is 11.0 Å². The molecule has 0 aromatic carbocycles. The van der Waals surface area contributed by atoms with Gasteiger partial charge in [0.1, 0.15) is 11.9 Å². The van der Waals surface area contributed by atoms with Gasteiger partial charge >= 0.3 is 11.9 Å². The van der Waals surface area contributed by atoms with Crippen molar-refractivity contribution >= 4 is 17.6 Å². The number of carbonyl (C=O) groups is 1. The van der Waals surface area contributed by atoms with Gasteiger partial charge in [0.05, 0.1) is 0 Å². The van der Waals surface area contributed by atoms with Crippen LogP contribution in [0.1, 0.15) is 18.4 Å². The van der Waals surface area contributed by atoms with Gasteiger partial charge in [-0.05, 0) is 41.3 Å². The molecule has 108 valence electrons. The van der Waals surface area contributed by atoms with Crippen molar-refractivity contribution in [2.24, 2.45) is 0 Å². The zero-order valence-corrected chi connectivity index (χ0v) is 11.1. The zero-order valence-electron chi connectivity index (χ0n) is 11.1. The highest BCUT2D eigenvalue weighted by atomic mass is 16.6. The SMILES string of the molecule is Cc1ccnc([N+](=O)[O-])c1N1CCC(NC(=O)O)CC1. The first-order valence-corrected chi connectivity index (χ1v) is 6.33. The second-order valence-corrected chi connectivity index (χ2v) is 4.77. The minimum atomic E-state index is -1.04. The fraction of sp³-hybridized carbons (Fsp3) is 0.500. The molecule has 1 amide bonds. The number of hydrogen-bond donors (Lipinski definition) is 2. The molecule has 1 fully saturated rings. The summed E-state index contributed by atoms with van der Waals surface area (Å²) < 4.78 is 0. The van der Waals surface area contributed by atoms with Gasteiger partial charge in [-0.15, -0.1) is 0 Å². The number of nitrogens with one attached hydrogen (secondary N) is 1. The Hall–Kier alpha value is -2.38. The number of rotatable bonds is 3. The van der Waals surface area contributed by atoms with Crippen molar-refractivity contribution in [1.82, 2.24) is 10.3 Å². The number of nitrogens with zero attached hydrogens (tertiary/aromatic N) is 3. The van der Waals surface area contributed by atoms with Gasteiger partial charge in [0.15, 0.2) is 0 Å². The largest absolute Gasteiger partial charge is 0.465 e. The molecule has 20 heavy (non-hydrogen) atoms. The molecule has 2 N–H and O–H groups in total. The Balaban J connectivity index is 2.14. The molecule has 0 unspecified atom stereocenters. The molecule has 1 aliphatic rings. The van der Waals surface area contributed by atoms with Crippen molar-refractivity contribution < 1.29 is 14.8 Å². The first-order valence-electron chi connectivity index (χ1n) is 6.33. The molecule has 1 aromatic rings. The number of hydrogen-bond acceptors (Lipinski definition) is 5. The molecule has 0 radical (unpaired) electrons. The third-order valence-electron chi connectivity index (χ3n) is 3.42. The Kier molecular flexibility index (Phi) is 4.02. The summed E-state index contributed by atoms with van der Waals surface area (Å²) in [6, 6.07) is 1.64. The van der Waals surface area contributed by atoms with Crippen LogP contribution in [0.4, 0.5) is 16.3 Å². The number of piperidine rings is 1. The Labute approximate surface area is 115 Å². The highest BCUT2D eigenvalue weighted by Gasteiger charge is 2.27. The van der Waals surface area contributed by atoms with E-state index in [9.17, 15) is 14.9 Å². The molecule has 0 atom stereocenters. The number of pyridine rings is 1. The van der Waals surface area contributed by atoms with Gasteiger partial charge in [0.25, 0.3) is 0 Å². The van der Waals surface area contributed by atoms with E-state index in [2.05, 4.69) is 10.3 Å². The van der Waals surface area contributed by atoms with Gasteiger partial charge in [0, 0.05) is 19.1 Å². The van der Waals surface area contributed by atoms with Crippen LogP contribution < -0.4 is 10.2 Å². The Morgan fingerprint density at radius 3 is 2.75 bits per heavy atom. The molecule has 8 nitrogen and oxygen atoms in total.